The zero-order valence-corrected chi connectivity index (χ0v) is 32.6. The standard InChI is InChI=1S/C37H44I2O8/c1-9-37(8,22-34(2,3)32(41)47-36(6,7)27-18-14-11-15-19-27)33(42)45-24-43-23-44-30-28(38)20-25(21-29(30)39)31(40)46-35(4,5)26-16-12-10-13-17-26/h10-21H,9,22-24H2,1-8H3. The molecule has 0 bridgehead atoms. The van der Waals surface area contributed by atoms with Crippen molar-refractivity contribution in [3.8, 4) is 5.75 Å². The molecule has 3 aromatic rings. The summed E-state index contributed by atoms with van der Waals surface area (Å²) in [4.78, 5) is 39.5. The number of benzene rings is 3. The Morgan fingerprint density at radius 1 is 0.681 bits per heavy atom. The van der Waals surface area contributed by atoms with Crippen molar-refractivity contribution in [1.82, 2.24) is 0 Å². The second-order valence-corrected chi connectivity index (χ2v) is 15.6. The average Bonchev–Trinajstić information content (AvgIpc) is 3.01. The molecule has 0 radical (unpaired) electrons. The van der Waals surface area contributed by atoms with Crippen LogP contribution in [0.4, 0.5) is 0 Å². The molecule has 0 amide bonds. The Morgan fingerprint density at radius 3 is 1.66 bits per heavy atom. The maximum Gasteiger partial charge on any atom is 0.339 e. The highest BCUT2D eigenvalue weighted by atomic mass is 127. The Bertz CT molecular complexity index is 1510. The predicted molar refractivity (Wildman–Crippen MR) is 197 cm³/mol. The van der Waals surface area contributed by atoms with Crippen LogP contribution in [0.15, 0.2) is 72.8 Å². The van der Waals surface area contributed by atoms with Crippen LogP contribution in [0.25, 0.3) is 0 Å². The molecular formula is C37H44I2O8. The van der Waals surface area contributed by atoms with Crippen LogP contribution >= 0.6 is 45.2 Å². The van der Waals surface area contributed by atoms with Gasteiger partial charge in [0.25, 0.3) is 0 Å². The van der Waals surface area contributed by atoms with Gasteiger partial charge in [0.1, 0.15) is 17.0 Å². The number of ether oxygens (including phenoxy) is 5. The molecule has 0 aliphatic heterocycles. The van der Waals surface area contributed by atoms with E-state index in [0.29, 0.717) is 24.9 Å². The SMILES string of the molecule is CCC(C)(CC(C)(C)C(=O)OC(C)(C)c1ccccc1)C(=O)OCOCOc1c(I)cc(C(=O)OC(C)(C)c2ccccc2)cc1I. The minimum absolute atomic E-state index is 0.181. The predicted octanol–water partition coefficient (Wildman–Crippen LogP) is 9.15. The molecular weight excluding hydrogens is 826 g/mol. The van der Waals surface area contributed by atoms with Crippen molar-refractivity contribution in [1.29, 1.82) is 0 Å². The summed E-state index contributed by atoms with van der Waals surface area (Å²) in [6.45, 7) is 14.1. The van der Waals surface area contributed by atoms with Crippen molar-refractivity contribution in [2.75, 3.05) is 13.6 Å². The highest BCUT2D eigenvalue weighted by Crippen LogP contribution is 2.40. The average molecular weight is 871 g/mol. The van der Waals surface area contributed by atoms with Crippen molar-refractivity contribution in [2.45, 2.75) is 79.4 Å². The smallest absolute Gasteiger partial charge is 0.339 e. The van der Waals surface area contributed by atoms with Gasteiger partial charge in [-0.15, -0.1) is 0 Å². The molecule has 0 aliphatic carbocycles. The molecule has 0 fully saturated rings. The highest BCUT2D eigenvalue weighted by molar-refractivity contribution is 14.1. The minimum Gasteiger partial charge on any atom is -0.465 e. The second-order valence-electron chi connectivity index (χ2n) is 13.3. The number of hydrogen-bond donors (Lipinski definition) is 0. The van der Waals surface area contributed by atoms with Crippen LogP contribution in [-0.2, 0) is 39.7 Å². The van der Waals surface area contributed by atoms with Gasteiger partial charge in [0.2, 0.25) is 0 Å². The van der Waals surface area contributed by atoms with Gasteiger partial charge in [-0.05, 0) is 130 Å². The molecule has 0 spiro atoms. The van der Waals surface area contributed by atoms with E-state index in [4.69, 9.17) is 23.7 Å². The Labute approximate surface area is 305 Å². The van der Waals surface area contributed by atoms with Crippen molar-refractivity contribution in [2.24, 2.45) is 10.8 Å². The normalized spacial score (nSPS) is 13.3. The summed E-state index contributed by atoms with van der Waals surface area (Å²) in [7, 11) is 0. The number of halogens is 2. The van der Waals surface area contributed by atoms with Crippen molar-refractivity contribution >= 4 is 63.1 Å². The van der Waals surface area contributed by atoms with Crippen LogP contribution in [0.3, 0.4) is 0 Å². The monoisotopic (exact) mass is 870 g/mol. The lowest BCUT2D eigenvalue weighted by Crippen LogP contribution is -2.41. The Balaban J connectivity index is 1.53. The van der Waals surface area contributed by atoms with E-state index >= 15 is 0 Å². The molecule has 1 unspecified atom stereocenters. The second kappa shape index (κ2) is 16.1. The summed E-state index contributed by atoms with van der Waals surface area (Å²) in [5, 5.41) is 0. The summed E-state index contributed by atoms with van der Waals surface area (Å²) in [6, 6.07) is 22.5. The summed E-state index contributed by atoms with van der Waals surface area (Å²) in [5.41, 5.74) is -1.36. The summed E-state index contributed by atoms with van der Waals surface area (Å²) in [6.07, 6.45) is 0.679. The minimum atomic E-state index is -0.955. The van der Waals surface area contributed by atoms with Crippen molar-refractivity contribution < 1.29 is 38.1 Å². The Morgan fingerprint density at radius 2 is 1.17 bits per heavy atom. The first-order valence-corrected chi connectivity index (χ1v) is 17.5. The zero-order valence-electron chi connectivity index (χ0n) is 28.3. The van der Waals surface area contributed by atoms with Crippen LogP contribution in [0.1, 0.15) is 89.7 Å². The number of carbonyl (C=O) groups excluding carboxylic acids is 3. The molecule has 254 valence electrons. The van der Waals surface area contributed by atoms with E-state index in [1.54, 1.807) is 32.9 Å². The van der Waals surface area contributed by atoms with E-state index in [9.17, 15) is 14.4 Å². The van der Waals surface area contributed by atoms with Gasteiger partial charge in [0, 0.05) is 0 Å². The molecule has 0 aliphatic rings. The van der Waals surface area contributed by atoms with Gasteiger partial charge in [-0.2, -0.15) is 0 Å². The molecule has 0 saturated carbocycles. The third-order valence-corrected chi connectivity index (χ3v) is 9.69. The third-order valence-electron chi connectivity index (χ3n) is 8.09. The molecule has 0 aromatic heterocycles. The van der Waals surface area contributed by atoms with E-state index < -0.39 is 39.9 Å². The van der Waals surface area contributed by atoms with Crippen LogP contribution in [-0.4, -0.2) is 31.5 Å². The lowest BCUT2D eigenvalue weighted by atomic mass is 9.72. The fraction of sp³-hybridized carbons (Fsp3) is 0.432. The maximum absolute atomic E-state index is 13.3. The van der Waals surface area contributed by atoms with E-state index in [2.05, 4.69) is 45.2 Å². The summed E-state index contributed by atoms with van der Waals surface area (Å²) < 4.78 is 29.9. The number of rotatable bonds is 15. The fourth-order valence-electron chi connectivity index (χ4n) is 5.07. The van der Waals surface area contributed by atoms with Crippen molar-refractivity contribution in [3.05, 3.63) is 96.6 Å². The largest absolute Gasteiger partial charge is 0.465 e. The van der Waals surface area contributed by atoms with Crippen LogP contribution < -0.4 is 4.74 Å². The highest BCUT2D eigenvalue weighted by Gasteiger charge is 2.44. The Hall–Kier alpha value is -2.71. The lowest BCUT2D eigenvalue weighted by molar-refractivity contribution is -0.179. The van der Waals surface area contributed by atoms with E-state index in [-0.39, 0.29) is 20.0 Å². The first-order valence-electron chi connectivity index (χ1n) is 15.4. The van der Waals surface area contributed by atoms with E-state index in [0.717, 1.165) is 11.1 Å². The van der Waals surface area contributed by atoms with Gasteiger partial charge in [0.15, 0.2) is 13.6 Å². The number of esters is 3. The van der Waals surface area contributed by atoms with Gasteiger partial charge >= 0.3 is 17.9 Å². The summed E-state index contributed by atoms with van der Waals surface area (Å²) in [5.74, 6) is -0.784. The molecule has 47 heavy (non-hydrogen) atoms. The van der Waals surface area contributed by atoms with Crippen LogP contribution in [0.2, 0.25) is 0 Å². The number of carbonyl (C=O) groups is 3. The van der Waals surface area contributed by atoms with Crippen LogP contribution in [0.5, 0.6) is 5.75 Å². The molecule has 0 heterocycles. The zero-order chi connectivity index (χ0) is 35.0. The van der Waals surface area contributed by atoms with Gasteiger partial charge in [-0.1, -0.05) is 67.6 Å². The van der Waals surface area contributed by atoms with Gasteiger partial charge in [0.05, 0.1) is 23.5 Å². The Kier molecular flexibility index (Phi) is 13.3. The molecule has 1 atom stereocenters. The molecule has 10 heteroatoms. The topological polar surface area (TPSA) is 97.4 Å². The quantitative estimate of drug-likeness (QED) is 0.0491. The third kappa shape index (κ3) is 10.4. The van der Waals surface area contributed by atoms with Gasteiger partial charge < -0.3 is 23.7 Å². The van der Waals surface area contributed by atoms with E-state index in [1.807, 2.05) is 95.3 Å². The molecule has 0 saturated heterocycles. The van der Waals surface area contributed by atoms with Gasteiger partial charge in [-0.3, -0.25) is 9.59 Å². The molecule has 3 rings (SSSR count). The lowest BCUT2D eigenvalue weighted by Gasteiger charge is -2.36. The molecule has 3 aromatic carbocycles. The van der Waals surface area contributed by atoms with Crippen molar-refractivity contribution in [3.63, 3.8) is 0 Å². The maximum atomic E-state index is 13.3. The molecule has 0 N–H and O–H groups in total. The molecule has 8 nitrogen and oxygen atoms in total. The van der Waals surface area contributed by atoms with E-state index in [1.165, 1.54) is 0 Å². The van der Waals surface area contributed by atoms with Crippen LogP contribution in [0, 0.1) is 18.0 Å². The first-order chi connectivity index (χ1) is 21.9. The summed E-state index contributed by atoms with van der Waals surface area (Å²) >= 11 is 4.19. The first kappa shape index (κ1) is 38.7. The number of hydrogen-bond acceptors (Lipinski definition) is 8. The fourth-order valence-corrected chi connectivity index (χ4v) is 7.15. The van der Waals surface area contributed by atoms with Gasteiger partial charge in [-0.25, -0.2) is 4.79 Å².